The van der Waals surface area contributed by atoms with E-state index in [1.807, 2.05) is 27.7 Å². The van der Waals surface area contributed by atoms with Gasteiger partial charge in [0.2, 0.25) is 5.43 Å². The number of nitrogens with one attached hydrogen (secondary N) is 1. The first-order valence-corrected chi connectivity index (χ1v) is 10.8. The Morgan fingerprint density at radius 2 is 1.88 bits per heavy atom. The molecule has 178 valence electrons. The average Bonchev–Trinajstić information content (AvgIpc) is 2.74. The van der Waals surface area contributed by atoms with Gasteiger partial charge in [-0.25, -0.2) is 8.78 Å². The number of nitrogens with zero attached hydrogens (tertiary/aromatic N) is 3. The normalized spacial score (nSPS) is 13.6. The summed E-state index contributed by atoms with van der Waals surface area (Å²) in [7, 11) is 0. The number of carbonyl (C=O) groups excluding carboxylic acids is 2. The maximum atomic E-state index is 13.9. The summed E-state index contributed by atoms with van der Waals surface area (Å²) in [6.07, 6.45) is 2.00. The van der Waals surface area contributed by atoms with Crippen LogP contribution in [0.4, 0.5) is 8.78 Å². The fourth-order valence-electron chi connectivity index (χ4n) is 3.54. The summed E-state index contributed by atoms with van der Waals surface area (Å²) in [5.41, 5.74) is -1.56. The summed E-state index contributed by atoms with van der Waals surface area (Å²) in [5.74, 6) is -3.40. The minimum absolute atomic E-state index is 0.0355. The lowest BCUT2D eigenvalue weighted by Crippen LogP contribution is -2.56. The molecule has 3 rings (SSSR count). The quantitative estimate of drug-likeness (QED) is 0.660. The second-order valence-corrected chi connectivity index (χ2v) is 8.75. The van der Waals surface area contributed by atoms with Gasteiger partial charge in [-0.2, -0.15) is 0 Å². The van der Waals surface area contributed by atoms with Crippen LogP contribution in [0, 0.1) is 17.6 Å². The highest BCUT2D eigenvalue weighted by Crippen LogP contribution is 2.23. The number of hydrogen-bond donors (Lipinski definition) is 2. The fraction of sp³-hybridized carbons (Fsp3) is 0.435. The lowest BCUT2D eigenvalue weighted by atomic mass is 10.1. The molecular weight excluding hydrogens is 434 g/mol. The van der Waals surface area contributed by atoms with Crippen molar-refractivity contribution in [3.8, 4) is 5.75 Å². The molecule has 1 aromatic heterocycles. The molecule has 8 nitrogen and oxygen atoms in total. The number of halogens is 2. The van der Waals surface area contributed by atoms with Gasteiger partial charge in [-0.3, -0.25) is 24.1 Å². The Morgan fingerprint density at radius 3 is 2.48 bits per heavy atom. The zero-order chi connectivity index (χ0) is 24.4. The van der Waals surface area contributed by atoms with Gasteiger partial charge >= 0.3 is 0 Å². The molecule has 0 bridgehead atoms. The molecule has 2 amide bonds. The van der Waals surface area contributed by atoms with Crippen LogP contribution >= 0.6 is 0 Å². The zero-order valence-corrected chi connectivity index (χ0v) is 19.1. The molecule has 1 aliphatic rings. The number of rotatable bonds is 7. The fourth-order valence-corrected chi connectivity index (χ4v) is 3.54. The van der Waals surface area contributed by atoms with Gasteiger partial charge in [0.1, 0.15) is 23.9 Å². The van der Waals surface area contributed by atoms with Crippen LogP contribution in [0.5, 0.6) is 5.75 Å². The number of benzene rings is 1. The Balaban J connectivity index is 1.97. The van der Waals surface area contributed by atoms with Gasteiger partial charge < -0.3 is 15.3 Å². The SMILES string of the molecule is CC(C)CCN1CN(C(C)C)C(=O)c2c(O)c(=O)c(C(=O)NCc3ccc(F)cc3F)cn21. The van der Waals surface area contributed by atoms with E-state index in [2.05, 4.69) is 5.32 Å². The predicted octanol–water partition coefficient (Wildman–Crippen LogP) is 2.57. The van der Waals surface area contributed by atoms with E-state index in [4.69, 9.17) is 0 Å². The van der Waals surface area contributed by atoms with Gasteiger partial charge in [0.15, 0.2) is 11.4 Å². The van der Waals surface area contributed by atoms with Crippen molar-refractivity contribution in [3.05, 3.63) is 63.1 Å². The van der Waals surface area contributed by atoms with Crippen LogP contribution in [0.1, 0.15) is 60.5 Å². The molecule has 0 saturated heterocycles. The van der Waals surface area contributed by atoms with Crippen molar-refractivity contribution in [2.24, 2.45) is 5.92 Å². The molecule has 1 aromatic carbocycles. The number of hydrogen-bond acceptors (Lipinski definition) is 5. The van der Waals surface area contributed by atoms with Crippen LogP contribution < -0.4 is 15.8 Å². The number of pyridine rings is 1. The Morgan fingerprint density at radius 1 is 1.18 bits per heavy atom. The van der Waals surface area contributed by atoms with Crippen molar-refractivity contribution in [1.82, 2.24) is 14.9 Å². The Labute approximate surface area is 190 Å². The van der Waals surface area contributed by atoms with Gasteiger partial charge in [-0.15, -0.1) is 0 Å². The minimum atomic E-state index is -0.999. The first-order valence-electron chi connectivity index (χ1n) is 10.8. The molecule has 0 saturated carbocycles. The predicted molar refractivity (Wildman–Crippen MR) is 119 cm³/mol. The smallest absolute Gasteiger partial charge is 0.278 e. The van der Waals surface area contributed by atoms with Gasteiger partial charge in [-0.1, -0.05) is 19.9 Å². The van der Waals surface area contributed by atoms with E-state index in [0.717, 1.165) is 12.5 Å². The second-order valence-electron chi connectivity index (χ2n) is 8.75. The zero-order valence-electron chi connectivity index (χ0n) is 19.1. The lowest BCUT2D eigenvalue weighted by Gasteiger charge is -2.41. The molecule has 10 heteroatoms. The van der Waals surface area contributed by atoms with Crippen molar-refractivity contribution >= 4 is 11.8 Å². The van der Waals surface area contributed by atoms with Crippen LogP contribution in [0.2, 0.25) is 0 Å². The third-order valence-corrected chi connectivity index (χ3v) is 5.54. The summed E-state index contributed by atoms with van der Waals surface area (Å²) >= 11 is 0. The van der Waals surface area contributed by atoms with Crippen molar-refractivity contribution < 1.29 is 23.5 Å². The standard InChI is InChI=1S/C23H28F2N4O4/c1-13(2)7-8-27-12-28(14(3)4)23(33)19-21(31)20(30)17(11-29(19)27)22(32)26-10-15-5-6-16(24)9-18(15)25/h5-6,9,11,13-14,31H,7-8,10,12H2,1-4H3,(H,26,32). The number of amides is 2. The first kappa shape index (κ1) is 24.2. The first-order chi connectivity index (χ1) is 15.5. The molecule has 0 radical (unpaired) electrons. The van der Waals surface area contributed by atoms with Crippen molar-refractivity contribution in [2.75, 3.05) is 18.2 Å². The van der Waals surface area contributed by atoms with Crippen molar-refractivity contribution in [3.63, 3.8) is 0 Å². The average molecular weight is 462 g/mol. The monoisotopic (exact) mass is 462 g/mol. The molecule has 33 heavy (non-hydrogen) atoms. The van der Waals surface area contributed by atoms with E-state index in [0.29, 0.717) is 18.5 Å². The van der Waals surface area contributed by atoms with Crippen LogP contribution in [0.3, 0.4) is 0 Å². The number of fused-ring (bicyclic) bond motifs is 1. The molecular formula is C23H28F2N4O4. The maximum Gasteiger partial charge on any atom is 0.278 e. The molecule has 2 heterocycles. The van der Waals surface area contributed by atoms with Gasteiger partial charge in [-0.05, 0) is 32.3 Å². The Bertz CT molecular complexity index is 1130. The summed E-state index contributed by atoms with van der Waals surface area (Å²) < 4.78 is 28.3. The number of carbonyl (C=O) groups is 2. The van der Waals surface area contributed by atoms with E-state index in [1.165, 1.54) is 21.8 Å². The minimum Gasteiger partial charge on any atom is -0.502 e. The number of aromatic hydroxyl groups is 1. The topological polar surface area (TPSA) is 94.9 Å². The lowest BCUT2D eigenvalue weighted by molar-refractivity contribution is 0.0627. The third-order valence-electron chi connectivity index (χ3n) is 5.54. The molecule has 0 atom stereocenters. The molecule has 0 aliphatic carbocycles. The highest BCUT2D eigenvalue weighted by Gasteiger charge is 2.35. The summed E-state index contributed by atoms with van der Waals surface area (Å²) in [4.78, 5) is 40.0. The summed E-state index contributed by atoms with van der Waals surface area (Å²) in [6.45, 7) is 8.22. The number of aromatic nitrogens is 1. The molecule has 1 aliphatic heterocycles. The van der Waals surface area contributed by atoms with Crippen LogP contribution in [-0.4, -0.2) is 45.8 Å². The van der Waals surface area contributed by atoms with Crippen LogP contribution in [0.15, 0.2) is 29.2 Å². The molecule has 0 fully saturated rings. The van der Waals surface area contributed by atoms with Gasteiger partial charge in [0.05, 0.1) is 0 Å². The molecule has 2 aromatic rings. The van der Waals surface area contributed by atoms with E-state index >= 15 is 0 Å². The molecule has 0 unspecified atom stereocenters. The van der Waals surface area contributed by atoms with Crippen molar-refractivity contribution in [2.45, 2.75) is 46.7 Å². The second kappa shape index (κ2) is 9.60. The Hall–Kier alpha value is -3.43. The Kier molecular flexibility index (Phi) is 7.04. The van der Waals surface area contributed by atoms with Crippen LogP contribution in [0.25, 0.3) is 0 Å². The maximum absolute atomic E-state index is 13.9. The van der Waals surface area contributed by atoms with Gasteiger partial charge in [0.25, 0.3) is 11.8 Å². The van der Waals surface area contributed by atoms with E-state index in [1.54, 1.807) is 5.01 Å². The summed E-state index contributed by atoms with van der Waals surface area (Å²) in [6, 6.07) is 2.77. The van der Waals surface area contributed by atoms with Crippen LogP contribution in [-0.2, 0) is 6.54 Å². The van der Waals surface area contributed by atoms with Gasteiger partial charge in [0, 0.05) is 37.0 Å². The van der Waals surface area contributed by atoms with Crippen molar-refractivity contribution in [1.29, 1.82) is 0 Å². The van der Waals surface area contributed by atoms with E-state index in [-0.39, 0.29) is 36.1 Å². The molecule has 2 N–H and O–H groups in total. The summed E-state index contributed by atoms with van der Waals surface area (Å²) in [5, 5.41) is 14.8. The highest BCUT2D eigenvalue weighted by atomic mass is 19.1. The van der Waals surface area contributed by atoms with E-state index < -0.39 is 34.6 Å². The molecule has 0 spiro atoms. The largest absolute Gasteiger partial charge is 0.502 e. The third kappa shape index (κ3) is 4.99. The van der Waals surface area contributed by atoms with E-state index in [9.17, 15) is 28.3 Å². The highest BCUT2D eigenvalue weighted by molar-refractivity contribution is 5.99.